The molecule has 1 heterocycles. The summed E-state index contributed by atoms with van der Waals surface area (Å²) in [7, 11) is 0. The smallest absolute Gasteiger partial charge is 0.199 e. The van der Waals surface area contributed by atoms with E-state index in [2.05, 4.69) is 4.90 Å². The molecule has 0 radical (unpaired) electrons. The van der Waals surface area contributed by atoms with E-state index in [1.807, 2.05) is 6.92 Å². The molecule has 0 saturated carbocycles. The summed E-state index contributed by atoms with van der Waals surface area (Å²) in [5.74, 6) is -6.19. The molecule has 1 aliphatic heterocycles. The van der Waals surface area contributed by atoms with Gasteiger partial charge in [-0.1, -0.05) is 6.92 Å². The van der Waals surface area contributed by atoms with Crippen molar-refractivity contribution in [2.75, 3.05) is 37.6 Å². The van der Waals surface area contributed by atoms with Gasteiger partial charge in [-0.15, -0.1) is 0 Å². The van der Waals surface area contributed by atoms with E-state index in [0.29, 0.717) is 26.2 Å². The lowest BCUT2D eigenvalue weighted by Crippen LogP contribution is -2.46. The molecule has 6 heteroatoms. The number of anilines is 1. The second-order valence-corrected chi connectivity index (χ2v) is 4.24. The van der Waals surface area contributed by atoms with Crippen LogP contribution >= 0.6 is 0 Å². The van der Waals surface area contributed by atoms with Gasteiger partial charge in [0.1, 0.15) is 0 Å². The number of piperazine rings is 1. The van der Waals surface area contributed by atoms with Crippen molar-refractivity contribution in [3.05, 3.63) is 29.3 Å². The molecule has 0 spiro atoms. The fourth-order valence-corrected chi connectivity index (χ4v) is 2.10. The molecule has 1 fully saturated rings. The molecule has 1 aliphatic rings. The number of nitrogens with zero attached hydrogens (tertiary/aromatic N) is 2. The summed E-state index contributed by atoms with van der Waals surface area (Å²) in [5, 5.41) is 0. The molecule has 0 N–H and O–H groups in total. The van der Waals surface area contributed by atoms with Crippen LogP contribution in [0, 0.1) is 23.3 Å². The summed E-state index contributed by atoms with van der Waals surface area (Å²) in [6.45, 7) is 5.20. The molecule has 0 bridgehead atoms. The van der Waals surface area contributed by atoms with Gasteiger partial charge in [0.2, 0.25) is 0 Å². The van der Waals surface area contributed by atoms with Gasteiger partial charge in [0, 0.05) is 32.2 Å². The predicted molar refractivity (Wildman–Crippen MR) is 60.6 cm³/mol. The molecule has 0 unspecified atom stereocenters. The normalized spacial score (nSPS) is 17.3. The van der Waals surface area contributed by atoms with Crippen molar-refractivity contribution in [3.8, 4) is 0 Å². The Kier molecular flexibility index (Phi) is 3.75. The number of hydrogen-bond donors (Lipinski definition) is 0. The van der Waals surface area contributed by atoms with E-state index in [0.717, 1.165) is 12.6 Å². The van der Waals surface area contributed by atoms with E-state index < -0.39 is 23.3 Å². The van der Waals surface area contributed by atoms with E-state index in [1.54, 1.807) is 0 Å². The fourth-order valence-electron chi connectivity index (χ4n) is 2.10. The molecule has 100 valence electrons. The molecule has 0 atom stereocenters. The molecule has 1 aromatic rings. The highest BCUT2D eigenvalue weighted by atomic mass is 19.2. The Hall–Kier alpha value is -1.30. The van der Waals surface area contributed by atoms with E-state index in [1.165, 1.54) is 4.90 Å². The van der Waals surface area contributed by atoms with Crippen LogP contribution in [0.2, 0.25) is 0 Å². The zero-order chi connectivity index (χ0) is 13.3. The van der Waals surface area contributed by atoms with Crippen LogP contribution in [-0.2, 0) is 0 Å². The number of rotatable bonds is 2. The van der Waals surface area contributed by atoms with Gasteiger partial charge in [-0.05, 0) is 6.54 Å². The van der Waals surface area contributed by atoms with Crippen LogP contribution in [0.4, 0.5) is 23.2 Å². The van der Waals surface area contributed by atoms with Crippen molar-refractivity contribution in [3.63, 3.8) is 0 Å². The highest BCUT2D eigenvalue weighted by Gasteiger charge is 2.24. The highest BCUT2D eigenvalue weighted by molar-refractivity contribution is 5.49. The molecule has 0 amide bonds. The largest absolute Gasteiger partial charge is 0.366 e. The second kappa shape index (κ2) is 5.14. The van der Waals surface area contributed by atoms with E-state index in [4.69, 9.17) is 0 Å². The van der Waals surface area contributed by atoms with Gasteiger partial charge in [-0.25, -0.2) is 17.6 Å². The Labute approximate surface area is 103 Å². The number of likely N-dealkylation sites (N-methyl/N-ethyl adjacent to an activating group) is 1. The monoisotopic (exact) mass is 262 g/mol. The van der Waals surface area contributed by atoms with Crippen LogP contribution in [0.5, 0.6) is 0 Å². The molecule has 0 aromatic heterocycles. The molecule has 2 nitrogen and oxygen atoms in total. The third-order valence-electron chi connectivity index (χ3n) is 3.24. The van der Waals surface area contributed by atoms with Gasteiger partial charge >= 0.3 is 0 Å². The van der Waals surface area contributed by atoms with Gasteiger partial charge in [0.25, 0.3) is 0 Å². The molecular weight excluding hydrogens is 248 g/mol. The van der Waals surface area contributed by atoms with Crippen LogP contribution in [0.25, 0.3) is 0 Å². The fraction of sp³-hybridized carbons (Fsp3) is 0.500. The first-order valence-corrected chi connectivity index (χ1v) is 5.85. The second-order valence-electron chi connectivity index (χ2n) is 4.24. The minimum Gasteiger partial charge on any atom is -0.366 e. The first kappa shape index (κ1) is 13.1. The van der Waals surface area contributed by atoms with Crippen LogP contribution in [0.15, 0.2) is 6.07 Å². The Morgan fingerprint density at radius 2 is 1.56 bits per heavy atom. The SMILES string of the molecule is CCN1CCN(c2cc(F)c(F)c(F)c2F)CC1. The molecule has 1 saturated heterocycles. The minimum absolute atomic E-state index is 0.206. The molecular formula is C12H14F4N2. The van der Waals surface area contributed by atoms with Gasteiger partial charge in [0.05, 0.1) is 5.69 Å². The van der Waals surface area contributed by atoms with E-state index >= 15 is 0 Å². The summed E-state index contributed by atoms with van der Waals surface area (Å²) >= 11 is 0. The lowest BCUT2D eigenvalue weighted by molar-refractivity contribution is 0.269. The van der Waals surface area contributed by atoms with Crippen LogP contribution in [-0.4, -0.2) is 37.6 Å². The molecule has 0 aliphatic carbocycles. The Bertz CT molecular complexity index is 442. The third-order valence-corrected chi connectivity index (χ3v) is 3.24. The van der Waals surface area contributed by atoms with Crippen LogP contribution in [0.1, 0.15) is 6.92 Å². The van der Waals surface area contributed by atoms with E-state index in [9.17, 15) is 17.6 Å². The summed E-state index contributed by atoms with van der Waals surface area (Å²) in [6.07, 6.45) is 0. The Balaban J connectivity index is 2.24. The summed E-state index contributed by atoms with van der Waals surface area (Å²) in [5.41, 5.74) is -0.206. The van der Waals surface area contributed by atoms with Gasteiger partial charge in [0.15, 0.2) is 23.3 Å². The minimum atomic E-state index is -1.76. The molecule has 1 aromatic carbocycles. The number of hydrogen-bond acceptors (Lipinski definition) is 2. The van der Waals surface area contributed by atoms with Crippen molar-refractivity contribution in [1.29, 1.82) is 0 Å². The van der Waals surface area contributed by atoms with Gasteiger partial charge in [-0.2, -0.15) is 0 Å². The van der Waals surface area contributed by atoms with Crippen molar-refractivity contribution in [2.45, 2.75) is 6.92 Å². The zero-order valence-electron chi connectivity index (χ0n) is 10.0. The maximum atomic E-state index is 13.6. The quantitative estimate of drug-likeness (QED) is 0.459. The Morgan fingerprint density at radius 1 is 0.944 bits per heavy atom. The van der Waals surface area contributed by atoms with Gasteiger partial charge in [-0.3, -0.25) is 0 Å². The first-order chi connectivity index (χ1) is 8.54. The van der Waals surface area contributed by atoms with Crippen molar-refractivity contribution in [1.82, 2.24) is 4.90 Å². The lowest BCUT2D eigenvalue weighted by Gasteiger charge is -2.35. The van der Waals surface area contributed by atoms with Crippen molar-refractivity contribution < 1.29 is 17.6 Å². The van der Waals surface area contributed by atoms with Crippen molar-refractivity contribution in [2.24, 2.45) is 0 Å². The van der Waals surface area contributed by atoms with Gasteiger partial charge < -0.3 is 9.80 Å². The topological polar surface area (TPSA) is 6.48 Å². The average molecular weight is 262 g/mol. The maximum absolute atomic E-state index is 13.6. The average Bonchev–Trinajstić information content (AvgIpc) is 2.41. The third kappa shape index (κ3) is 2.29. The molecule has 18 heavy (non-hydrogen) atoms. The lowest BCUT2D eigenvalue weighted by atomic mass is 10.2. The maximum Gasteiger partial charge on any atom is 0.199 e. The summed E-state index contributed by atoms with van der Waals surface area (Å²) in [6, 6.07) is 0.718. The van der Waals surface area contributed by atoms with Crippen LogP contribution < -0.4 is 4.90 Å². The highest BCUT2D eigenvalue weighted by Crippen LogP contribution is 2.26. The van der Waals surface area contributed by atoms with Crippen molar-refractivity contribution >= 4 is 5.69 Å². The zero-order valence-corrected chi connectivity index (χ0v) is 10.0. The Morgan fingerprint density at radius 3 is 2.11 bits per heavy atom. The molecule has 2 rings (SSSR count). The standard InChI is InChI=1S/C12H14F4N2/c1-2-17-3-5-18(6-4-17)9-7-8(13)10(14)12(16)11(9)15/h7H,2-6H2,1H3. The number of halogens is 4. The number of benzene rings is 1. The van der Waals surface area contributed by atoms with E-state index in [-0.39, 0.29) is 5.69 Å². The summed E-state index contributed by atoms with van der Waals surface area (Å²) < 4.78 is 52.6. The predicted octanol–water partition coefficient (Wildman–Crippen LogP) is 2.38. The summed E-state index contributed by atoms with van der Waals surface area (Å²) in [4.78, 5) is 3.68. The van der Waals surface area contributed by atoms with Crippen LogP contribution in [0.3, 0.4) is 0 Å². The first-order valence-electron chi connectivity index (χ1n) is 5.85.